The summed E-state index contributed by atoms with van der Waals surface area (Å²) in [7, 11) is 1.58. The number of fused-ring (bicyclic) bond motifs is 3. The Bertz CT molecular complexity index is 922. The lowest BCUT2D eigenvalue weighted by atomic mass is 10.5. The molecule has 0 fully saturated rings. The molecule has 0 saturated carbocycles. The Morgan fingerprint density at radius 3 is 2.89 bits per heavy atom. The summed E-state index contributed by atoms with van der Waals surface area (Å²) in [4.78, 5) is 30.2. The highest BCUT2D eigenvalue weighted by atomic mass is 16.2. The fourth-order valence-electron chi connectivity index (χ4n) is 2.27. The number of imidazole rings is 2. The topological polar surface area (TPSA) is 77.1 Å². The summed E-state index contributed by atoms with van der Waals surface area (Å²) < 4.78 is 4.96. The van der Waals surface area contributed by atoms with Gasteiger partial charge in [0.1, 0.15) is 0 Å². The molecule has 0 aromatic carbocycles. The molecule has 1 N–H and O–H groups in total. The Morgan fingerprint density at radius 1 is 1.47 bits per heavy atom. The summed E-state index contributed by atoms with van der Waals surface area (Å²) >= 11 is 0. The molecule has 0 radical (unpaired) electrons. The molecule has 3 aromatic rings. The van der Waals surface area contributed by atoms with Crippen LogP contribution in [0.15, 0.2) is 28.4 Å². The molecule has 3 aromatic heterocycles. The first-order chi connectivity index (χ1) is 9.04. The predicted octanol–water partition coefficient (Wildman–Crippen LogP) is 0.170. The van der Waals surface area contributed by atoms with E-state index in [2.05, 4.69) is 16.5 Å². The molecule has 0 unspecified atom stereocenters. The molecule has 7 heteroatoms. The molecular weight excluding hydrogens is 246 g/mol. The van der Waals surface area contributed by atoms with E-state index in [0.29, 0.717) is 23.5 Å². The van der Waals surface area contributed by atoms with Crippen LogP contribution in [0.25, 0.3) is 16.9 Å². The number of aromatic nitrogens is 5. The van der Waals surface area contributed by atoms with E-state index in [-0.39, 0.29) is 0 Å². The zero-order valence-corrected chi connectivity index (χ0v) is 10.7. The van der Waals surface area contributed by atoms with Gasteiger partial charge in [0.2, 0.25) is 5.78 Å². The largest absolute Gasteiger partial charge is 0.329 e. The van der Waals surface area contributed by atoms with Gasteiger partial charge in [-0.2, -0.15) is 4.98 Å². The summed E-state index contributed by atoms with van der Waals surface area (Å²) in [5, 5.41) is 0. The minimum atomic E-state index is -0.467. The Morgan fingerprint density at radius 2 is 2.21 bits per heavy atom. The fraction of sp³-hybridized carbons (Fsp3) is 0.250. The summed E-state index contributed by atoms with van der Waals surface area (Å²) in [5.74, 6) is 0.624. The van der Waals surface area contributed by atoms with Crippen LogP contribution >= 0.6 is 0 Å². The zero-order valence-electron chi connectivity index (χ0n) is 10.7. The van der Waals surface area contributed by atoms with E-state index in [1.807, 2.05) is 17.7 Å². The van der Waals surface area contributed by atoms with Gasteiger partial charge in [0.05, 0.1) is 0 Å². The van der Waals surface area contributed by atoms with Gasteiger partial charge in [-0.05, 0) is 6.92 Å². The number of aromatic amines is 1. The summed E-state index contributed by atoms with van der Waals surface area (Å²) in [6, 6.07) is 0. The molecule has 3 heterocycles. The number of nitrogens with one attached hydrogen (secondary N) is 1. The van der Waals surface area contributed by atoms with E-state index in [1.165, 1.54) is 4.57 Å². The van der Waals surface area contributed by atoms with Crippen molar-refractivity contribution in [1.82, 2.24) is 23.5 Å². The van der Waals surface area contributed by atoms with Crippen LogP contribution in [0.2, 0.25) is 0 Å². The van der Waals surface area contributed by atoms with Crippen molar-refractivity contribution in [2.24, 2.45) is 7.05 Å². The smallest absolute Gasteiger partial charge is 0.310 e. The van der Waals surface area contributed by atoms with Crippen LogP contribution in [0.1, 0.15) is 5.69 Å². The minimum Gasteiger partial charge on any atom is -0.310 e. The molecule has 7 nitrogen and oxygen atoms in total. The first-order valence-electron chi connectivity index (χ1n) is 5.82. The molecule has 0 atom stereocenters. The van der Waals surface area contributed by atoms with Gasteiger partial charge in [-0.15, -0.1) is 6.58 Å². The normalized spacial score (nSPS) is 11.5. The highest BCUT2D eigenvalue weighted by Crippen LogP contribution is 2.15. The third-order valence-corrected chi connectivity index (χ3v) is 3.23. The summed E-state index contributed by atoms with van der Waals surface area (Å²) in [6.07, 6.45) is 3.59. The lowest BCUT2D eigenvalue weighted by Gasteiger charge is -2.00. The number of nitrogens with zero attached hydrogens (tertiary/aromatic N) is 4. The molecular formula is C12H13N5O2. The Balaban J connectivity index is 2.58. The van der Waals surface area contributed by atoms with Crippen molar-refractivity contribution < 1.29 is 0 Å². The van der Waals surface area contributed by atoms with E-state index < -0.39 is 11.2 Å². The highest BCUT2D eigenvalue weighted by molar-refractivity contribution is 5.75. The lowest BCUT2D eigenvalue weighted by Crippen LogP contribution is -2.28. The third-order valence-electron chi connectivity index (χ3n) is 3.23. The number of hydrogen-bond acceptors (Lipinski definition) is 3. The molecule has 0 bridgehead atoms. The molecule has 19 heavy (non-hydrogen) atoms. The molecule has 98 valence electrons. The highest BCUT2D eigenvalue weighted by Gasteiger charge is 2.16. The maximum absolute atomic E-state index is 11.9. The molecule has 0 saturated heterocycles. The molecule has 0 amide bonds. The maximum Gasteiger partial charge on any atom is 0.329 e. The van der Waals surface area contributed by atoms with Crippen LogP contribution < -0.4 is 11.2 Å². The Kier molecular flexibility index (Phi) is 2.25. The van der Waals surface area contributed by atoms with E-state index >= 15 is 0 Å². The van der Waals surface area contributed by atoms with Crippen LogP contribution in [-0.2, 0) is 13.6 Å². The predicted molar refractivity (Wildman–Crippen MR) is 71.5 cm³/mol. The summed E-state index contributed by atoms with van der Waals surface area (Å²) in [6.45, 7) is 6.23. The van der Waals surface area contributed by atoms with Crippen molar-refractivity contribution in [3.8, 4) is 0 Å². The first kappa shape index (κ1) is 11.5. The monoisotopic (exact) mass is 259 g/mol. The maximum atomic E-state index is 11.9. The zero-order chi connectivity index (χ0) is 13.7. The van der Waals surface area contributed by atoms with Crippen LogP contribution in [0, 0.1) is 6.92 Å². The van der Waals surface area contributed by atoms with Gasteiger partial charge < -0.3 is 4.57 Å². The van der Waals surface area contributed by atoms with Crippen LogP contribution in [-0.4, -0.2) is 23.5 Å². The van der Waals surface area contributed by atoms with Crippen molar-refractivity contribution in [3.05, 3.63) is 45.4 Å². The van der Waals surface area contributed by atoms with Gasteiger partial charge in [-0.1, -0.05) is 6.08 Å². The second kappa shape index (κ2) is 3.71. The van der Waals surface area contributed by atoms with Crippen molar-refractivity contribution in [2.45, 2.75) is 13.5 Å². The third kappa shape index (κ3) is 1.41. The second-order valence-corrected chi connectivity index (χ2v) is 4.44. The minimum absolute atomic E-state index is 0.376. The second-order valence-electron chi connectivity index (χ2n) is 4.44. The van der Waals surface area contributed by atoms with Gasteiger partial charge >= 0.3 is 5.69 Å². The van der Waals surface area contributed by atoms with E-state index in [1.54, 1.807) is 17.5 Å². The Hall–Kier alpha value is -2.57. The number of hydrogen-bond donors (Lipinski definition) is 1. The van der Waals surface area contributed by atoms with Crippen LogP contribution in [0.4, 0.5) is 0 Å². The number of allylic oxidation sites excluding steroid dienone is 1. The van der Waals surface area contributed by atoms with Gasteiger partial charge in [-0.25, -0.2) is 4.79 Å². The van der Waals surface area contributed by atoms with E-state index in [4.69, 9.17) is 0 Å². The van der Waals surface area contributed by atoms with E-state index in [9.17, 15) is 9.59 Å². The lowest BCUT2D eigenvalue weighted by molar-refractivity contribution is 0.808. The fourth-order valence-corrected chi connectivity index (χ4v) is 2.27. The first-order valence-corrected chi connectivity index (χ1v) is 5.82. The van der Waals surface area contributed by atoms with Crippen molar-refractivity contribution in [1.29, 1.82) is 0 Å². The molecule has 0 aliphatic carbocycles. The Labute approximate surface area is 107 Å². The summed E-state index contributed by atoms with van der Waals surface area (Å²) in [5.41, 5.74) is 0.828. The average Bonchev–Trinajstić information content (AvgIpc) is 2.85. The molecule has 0 aliphatic heterocycles. The van der Waals surface area contributed by atoms with Crippen molar-refractivity contribution >= 4 is 16.9 Å². The molecule has 0 aliphatic rings. The van der Waals surface area contributed by atoms with Crippen molar-refractivity contribution in [3.63, 3.8) is 0 Å². The van der Waals surface area contributed by atoms with Gasteiger partial charge in [0, 0.05) is 25.5 Å². The molecule has 3 rings (SSSR count). The average molecular weight is 259 g/mol. The quantitative estimate of drug-likeness (QED) is 0.666. The van der Waals surface area contributed by atoms with Crippen LogP contribution in [0.5, 0.6) is 0 Å². The van der Waals surface area contributed by atoms with Gasteiger partial charge in [-0.3, -0.25) is 18.7 Å². The van der Waals surface area contributed by atoms with Crippen molar-refractivity contribution in [2.75, 3.05) is 0 Å². The number of aryl methyl sites for hydroxylation is 2. The van der Waals surface area contributed by atoms with E-state index in [0.717, 1.165) is 5.69 Å². The van der Waals surface area contributed by atoms with Crippen LogP contribution in [0.3, 0.4) is 0 Å². The SMILES string of the molecule is C=CCn1c(C)cn2c3c(=O)[nH]c(=O)n(C)c3nc12. The number of H-pyrrole nitrogens is 1. The molecule has 0 spiro atoms. The standard InChI is InChI=1S/C12H13N5O2/c1-4-5-16-7(2)6-17-8-9(13-11(16)17)15(3)12(19)14-10(8)18/h4,6H,1,5H2,2-3H3,(H,14,18,19). The van der Waals surface area contributed by atoms with Gasteiger partial charge in [0.25, 0.3) is 5.56 Å². The number of rotatable bonds is 2. The van der Waals surface area contributed by atoms with Gasteiger partial charge in [0.15, 0.2) is 11.2 Å².